The Hall–Kier alpha value is -4.86. The third-order valence-electron chi connectivity index (χ3n) is 9.01. The highest BCUT2D eigenvalue weighted by molar-refractivity contribution is 5.85. The number of ether oxygens (including phenoxy) is 4. The molecule has 4 rings (SSSR count). The van der Waals surface area contributed by atoms with E-state index in [0.717, 1.165) is 47.9 Å². The smallest absolute Gasteiger partial charge is 0.323 e. The quantitative estimate of drug-likeness (QED) is 0.0296. The molecule has 0 aliphatic heterocycles. The summed E-state index contributed by atoms with van der Waals surface area (Å²) in [6.07, 6.45) is 5.35. The van der Waals surface area contributed by atoms with Crippen molar-refractivity contribution in [3.05, 3.63) is 144 Å². The van der Waals surface area contributed by atoms with Crippen LogP contribution in [0.5, 0.6) is 0 Å². The number of carbonyl (C=O) groups excluding carboxylic acids is 4. The monoisotopic (exact) mass is 991 g/mol. The summed E-state index contributed by atoms with van der Waals surface area (Å²) in [5, 5.41) is 7.88. The predicted octanol–water partition coefficient (Wildman–Crippen LogP) is 8.29. The van der Waals surface area contributed by atoms with Gasteiger partial charge >= 0.3 is 17.9 Å². The number of likely N-dealkylation sites (N-methyl/N-ethyl adjacent to an activating group) is 2. The third kappa shape index (κ3) is 35.3. The number of hydrogen-bond donors (Lipinski definition) is 3. The number of esters is 3. The second kappa shape index (κ2) is 45.9. The highest BCUT2D eigenvalue weighted by atomic mass is 35.5. The van der Waals surface area contributed by atoms with E-state index in [9.17, 15) is 19.2 Å². The van der Waals surface area contributed by atoms with E-state index in [4.69, 9.17) is 30.8 Å². The van der Waals surface area contributed by atoms with Crippen molar-refractivity contribution in [3.8, 4) is 0 Å². The Morgan fingerprint density at radius 3 is 1.06 bits per heavy atom. The number of aliphatic hydroxyl groups is 1. The molecule has 4 unspecified atom stereocenters. The molecule has 0 aliphatic rings. The first-order valence-electron chi connectivity index (χ1n) is 22.5. The Kier molecular flexibility index (Phi) is 47.1. The molecule has 68 heavy (non-hydrogen) atoms. The van der Waals surface area contributed by atoms with E-state index in [2.05, 4.69) is 4.74 Å². The molecule has 0 radical (unpaired) electrons. The van der Waals surface area contributed by atoms with Gasteiger partial charge in [0.1, 0.15) is 18.1 Å². The summed E-state index contributed by atoms with van der Waals surface area (Å²) in [6.45, 7) is 10.0. The van der Waals surface area contributed by atoms with Crippen LogP contribution in [0.3, 0.4) is 0 Å². The van der Waals surface area contributed by atoms with Crippen LogP contribution in [0.4, 0.5) is 0 Å². The fourth-order valence-electron chi connectivity index (χ4n) is 5.45. The first kappa shape index (κ1) is 69.7. The van der Waals surface area contributed by atoms with E-state index in [-0.39, 0.29) is 62.2 Å². The second-order valence-corrected chi connectivity index (χ2v) is 15.3. The molecule has 0 heterocycles. The Labute approximate surface area is 421 Å². The SMILES string of the molecule is C.CCCO.CCCOC(=O)C(Cc1ccccc1)N(C)C.CCCOC(=O)C(Cc1ccccc1)N(C)C.CCCOC(=O)C(N)Cc1ccccc1.Cl.Cl.NC(Cc1ccccc1)OC=O. The van der Waals surface area contributed by atoms with Gasteiger partial charge in [-0.25, -0.2) is 0 Å². The largest absolute Gasteiger partial charge is 0.465 e. The van der Waals surface area contributed by atoms with Crippen LogP contribution in [0.1, 0.15) is 83.1 Å². The maximum Gasteiger partial charge on any atom is 0.323 e. The lowest BCUT2D eigenvalue weighted by atomic mass is 10.1. The lowest BCUT2D eigenvalue weighted by molar-refractivity contribution is -0.149. The average molecular weight is 992 g/mol. The van der Waals surface area contributed by atoms with Crippen molar-refractivity contribution in [2.45, 2.75) is 111 Å². The number of benzene rings is 4. The van der Waals surface area contributed by atoms with Crippen molar-refractivity contribution >= 4 is 49.2 Å². The molecular weight excluding hydrogens is 908 g/mol. The second-order valence-electron chi connectivity index (χ2n) is 15.3. The molecule has 0 bridgehead atoms. The zero-order chi connectivity index (χ0) is 48.7. The van der Waals surface area contributed by atoms with Gasteiger partial charge < -0.3 is 29.8 Å². The Bertz CT molecular complexity index is 1690. The molecule has 0 fully saturated rings. The first-order valence-corrected chi connectivity index (χ1v) is 22.5. The van der Waals surface area contributed by atoms with Crippen molar-refractivity contribution in [1.82, 2.24) is 9.80 Å². The van der Waals surface area contributed by atoms with Gasteiger partial charge in [0.15, 0.2) is 6.23 Å². The van der Waals surface area contributed by atoms with Gasteiger partial charge in [0.05, 0.1) is 19.8 Å². The normalized spacial score (nSPS) is 11.5. The van der Waals surface area contributed by atoms with E-state index in [1.807, 2.05) is 187 Å². The van der Waals surface area contributed by atoms with Gasteiger partial charge in [0, 0.05) is 13.0 Å². The van der Waals surface area contributed by atoms with Crippen molar-refractivity contribution in [2.75, 3.05) is 54.6 Å². The van der Waals surface area contributed by atoms with E-state index < -0.39 is 12.3 Å². The van der Waals surface area contributed by atoms with Crippen LogP contribution < -0.4 is 11.5 Å². The third-order valence-corrected chi connectivity index (χ3v) is 9.01. The number of hydrogen-bond acceptors (Lipinski definition) is 13. The molecule has 5 N–H and O–H groups in total. The van der Waals surface area contributed by atoms with Crippen LogP contribution >= 0.6 is 24.8 Å². The maximum absolute atomic E-state index is 11.9. The standard InChI is InChI=1S/2C14H21NO2.C12H17NO2.C9H11NO2.C3H8O.CH4.2ClH/c2*1-4-10-17-14(16)13(15(2)3)11-12-8-6-5-7-9-12;1-2-8-15-12(14)11(13)9-10-6-4-3-5-7-10;10-9(12-7-11)6-8-4-2-1-3-5-8;1-2-3-4;;;/h2*5-9,13H,4,10-11H2,1-3H3;3-7,11H,2,8-9,13H2,1H3;1-5,7,9H,6,10H2;4H,2-3H2,1H3;1H4;2*1H. The van der Waals surface area contributed by atoms with Crippen molar-refractivity contribution in [2.24, 2.45) is 11.5 Å². The Morgan fingerprint density at radius 2 is 0.794 bits per heavy atom. The van der Waals surface area contributed by atoms with Crippen molar-refractivity contribution in [3.63, 3.8) is 0 Å². The molecule has 0 saturated carbocycles. The van der Waals surface area contributed by atoms with Gasteiger partial charge in [-0.2, -0.15) is 0 Å². The van der Waals surface area contributed by atoms with Crippen LogP contribution in [0.25, 0.3) is 0 Å². The maximum atomic E-state index is 11.9. The fourth-order valence-corrected chi connectivity index (χ4v) is 5.45. The number of nitrogens with two attached hydrogens (primary N) is 2. The van der Waals surface area contributed by atoms with E-state index in [0.29, 0.717) is 58.6 Å². The summed E-state index contributed by atoms with van der Waals surface area (Å²) < 4.78 is 19.9. The van der Waals surface area contributed by atoms with Gasteiger partial charge in [-0.3, -0.25) is 34.7 Å². The predicted molar refractivity (Wildman–Crippen MR) is 281 cm³/mol. The molecule has 0 saturated heterocycles. The van der Waals surface area contributed by atoms with Crippen molar-refractivity contribution < 1.29 is 43.2 Å². The molecule has 0 aromatic heterocycles. The van der Waals surface area contributed by atoms with Gasteiger partial charge in [0.25, 0.3) is 6.47 Å². The number of rotatable bonds is 22. The summed E-state index contributed by atoms with van der Waals surface area (Å²) in [5.74, 6) is -0.595. The van der Waals surface area contributed by atoms with Crippen LogP contribution in [0, 0.1) is 0 Å². The summed E-state index contributed by atoms with van der Waals surface area (Å²) in [7, 11) is 7.61. The van der Waals surface area contributed by atoms with Crippen LogP contribution in [-0.4, -0.2) is 118 Å². The number of halogens is 2. The van der Waals surface area contributed by atoms with Gasteiger partial charge in [-0.1, -0.05) is 156 Å². The zero-order valence-electron chi connectivity index (χ0n) is 41.0. The Balaban J connectivity index is -0.000000387. The molecule has 384 valence electrons. The number of nitrogens with zero attached hydrogens (tertiary/aromatic N) is 2. The average Bonchev–Trinajstić information content (AvgIpc) is 3.32. The lowest BCUT2D eigenvalue weighted by Crippen LogP contribution is -2.39. The zero-order valence-corrected chi connectivity index (χ0v) is 42.6. The molecule has 0 spiro atoms. The van der Waals surface area contributed by atoms with E-state index in [1.165, 1.54) is 0 Å². The summed E-state index contributed by atoms with van der Waals surface area (Å²) in [6, 6.07) is 38.4. The van der Waals surface area contributed by atoms with E-state index >= 15 is 0 Å². The van der Waals surface area contributed by atoms with Crippen LogP contribution in [0.2, 0.25) is 0 Å². The minimum Gasteiger partial charge on any atom is -0.465 e. The summed E-state index contributed by atoms with van der Waals surface area (Å²) in [5.41, 5.74) is 15.6. The molecule has 0 aliphatic carbocycles. The minimum atomic E-state index is -0.557. The minimum absolute atomic E-state index is 0. The number of carbonyl (C=O) groups is 4. The van der Waals surface area contributed by atoms with Crippen molar-refractivity contribution in [1.29, 1.82) is 0 Å². The van der Waals surface area contributed by atoms with Gasteiger partial charge in [0.2, 0.25) is 0 Å². The fraction of sp³-hybridized carbons (Fsp3) is 0.472. The summed E-state index contributed by atoms with van der Waals surface area (Å²) in [4.78, 5) is 48.8. The summed E-state index contributed by atoms with van der Waals surface area (Å²) >= 11 is 0. The van der Waals surface area contributed by atoms with E-state index in [1.54, 1.807) is 0 Å². The molecule has 15 heteroatoms. The lowest BCUT2D eigenvalue weighted by Gasteiger charge is -2.22. The van der Waals surface area contributed by atoms with Crippen LogP contribution in [0.15, 0.2) is 121 Å². The molecular formula is C53H84Cl2N4O9. The molecule has 4 atom stereocenters. The number of aliphatic hydroxyl groups excluding tert-OH is 1. The molecule has 4 aromatic carbocycles. The molecule has 4 aromatic rings. The topological polar surface area (TPSA) is 184 Å². The van der Waals surface area contributed by atoms with Gasteiger partial charge in [-0.15, -0.1) is 24.8 Å². The van der Waals surface area contributed by atoms with Crippen LogP contribution in [-0.2, 0) is 63.8 Å². The molecule has 13 nitrogen and oxygen atoms in total. The van der Waals surface area contributed by atoms with Gasteiger partial charge in [-0.05, 0) is 95.4 Å². The first-order chi connectivity index (χ1) is 31.3. The molecule has 0 amide bonds. The highest BCUT2D eigenvalue weighted by Crippen LogP contribution is 2.10. The highest BCUT2D eigenvalue weighted by Gasteiger charge is 2.23. The Morgan fingerprint density at radius 1 is 0.515 bits per heavy atom.